The second-order valence-electron chi connectivity index (χ2n) is 16.4. The summed E-state index contributed by atoms with van der Waals surface area (Å²) < 4.78 is 77.9. The summed E-state index contributed by atoms with van der Waals surface area (Å²) in [4.78, 5) is 58.1. The molecule has 4 heterocycles. The highest BCUT2D eigenvalue weighted by atomic mass is 19.1. The third kappa shape index (κ3) is 10.8. The van der Waals surface area contributed by atoms with Crippen molar-refractivity contribution in [1.82, 2.24) is 9.80 Å². The zero-order valence-corrected chi connectivity index (χ0v) is 37.3. The number of nitrogens with one attached hydrogen (secondary N) is 2. The molecule has 18 heteroatoms. The molecule has 0 aliphatic carbocycles. The van der Waals surface area contributed by atoms with Crippen LogP contribution in [-0.4, -0.2) is 102 Å². The van der Waals surface area contributed by atoms with Crippen LogP contribution in [0.5, 0.6) is 0 Å². The lowest BCUT2D eigenvalue weighted by Gasteiger charge is -2.27. The zero-order chi connectivity index (χ0) is 47.4. The summed E-state index contributed by atoms with van der Waals surface area (Å²) >= 11 is 0. The molecule has 2 fully saturated rings. The third-order valence-electron chi connectivity index (χ3n) is 11.1. The summed E-state index contributed by atoms with van der Waals surface area (Å²) in [6.07, 6.45) is 0. The highest BCUT2D eigenvalue weighted by molar-refractivity contribution is 5.99. The van der Waals surface area contributed by atoms with Gasteiger partial charge in [-0.1, -0.05) is 0 Å². The van der Waals surface area contributed by atoms with E-state index >= 15 is 0 Å². The summed E-state index contributed by atoms with van der Waals surface area (Å²) in [5.41, 5.74) is 2.19. The Morgan fingerprint density at radius 2 is 0.864 bits per heavy atom. The summed E-state index contributed by atoms with van der Waals surface area (Å²) in [5, 5.41) is 6.61. The van der Waals surface area contributed by atoms with Crippen LogP contribution in [0, 0.1) is 23.3 Å². The number of hydrogen-bond acceptors (Lipinski definition) is 12. The van der Waals surface area contributed by atoms with E-state index in [1.165, 1.54) is 58.3 Å². The van der Waals surface area contributed by atoms with Crippen LogP contribution in [0.25, 0.3) is 21.9 Å². The average Bonchev–Trinajstić information content (AvgIpc) is 3.27. The van der Waals surface area contributed by atoms with Gasteiger partial charge in [-0.05, 0) is 62.4 Å². The van der Waals surface area contributed by atoms with Crippen molar-refractivity contribution in [3.63, 3.8) is 0 Å². The van der Waals surface area contributed by atoms with E-state index in [9.17, 15) is 36.7 Å². The fraction of sp³-hybridized carbons (Fsp3) is 0.333. The van der Waals surface area contributed by atoms with Gasteiger partial charge < -0.3 is 48.5 Å². The van der Waals surface area contributed by atoms with Gasteiger partial charge in [0.25, 0.3) is 11.8 Å². The zero-order valence-electron chi connectivity index (χ0n) is 37.3. The molecule has 0 bridgehead atoms. The molecule has 2 aromatic heterocycles. The van der Waals surface area contributed by atoms with Gasteiger partial charge in [0.1, 0.15) is 34.4 Å². The van der Waals surface area contributed by atoms with Crippen LogP contribution in [0.3, 0.4) is 0 Å². The Morgan fingerprint density at radius 3 is 1.18 bits per heavy atom. The predicted octanol–water partition coefficient (Wildman–Crippen LogP) is 7.57. The molecular formula is C48H50F4N6O8. The molecule has 2 aliphatic heterocycles. The Bertz CT molecular complexity index is 2660. The van der Waals surface area contributed by atoms with E-state index in [-0.39, 0.29) is 44.8 Å². The largest absolute Gasteiger partial charge is 0.440 e. The second-order valence-corrected chi connectivity index (χ2v) is 16.4. The first-order valence-electron chi connectivity index (χ1n) is 21.2. The maximum absolute atomic E-state index is 13.7. The van der Waals surface area contributed by atoms with Crippen LogP contribution >= 0.6 is 0 Å². The topological polar surface area (TPSA) is 150 Å². The number of ether oxygens (including phenoxy) is 2. The number of morpholine rings is 2. The molecule has 2 N–H and O–H groups in total. The van der Waals surface area contributed by atoms with Gasteiger partial charge >= 0.3 is 0 Å². The van der Waals surface area contributed by atoms with E-state index in [1.807, 2.05) is 9.80 Å². The van der Waals surface area contributed by atoms with E-state index in [0.717, 1.165) is 12.1 Å². The SMILES string of the molecule is C[C@@H](Nc1cc(F)cc(F)c1)c1cc(C(=O)N(C)C)cc2c(=O)cc(N3CCOCC3)oc12.C[C@@H](Nc1cc(F)cc(F)c1)c1cc(C(=O)N(C)C)cc2c(=O)cc(N3CCOCC3)oc12. The molecule has 2 aliphatic rings. The van der Waals surface area contributed by atoms with Gasteiger partial charge in [0.05, 0.1) is 49.3 Å². The number of benzene rings is 4. The van der Waals surface area contributed by atoms with E-state index in [2.05, 4.69) is 10.6 Å². The van der Waals surface area contributed by atoms with Crippen molar-refractivity contribution in [3.05, 3.63) is 139 Å². The molecule has 66 heavy (non-hydrogen) atoms. The minimum absolute atomic E-state index is 0.226. The van der Waals surface area contributed by atoms with Crippen molar-refractivity contribution in [2.24, 2.45) is 0 Å². The number of nitrogens with zero attached hydrogens (tertiary/aromatic N) is 4. The molecule has 8 rings (SSSR count). The van der Waals surface area contributed by atoms with Gasteiger partial charge in [-0.25, -0.2) is 17.6 Å². The van der Waals surface area contributed by atoms with Gasteiger partial charge in [0.2, 0.25) is 0 Å². The summed E-state index contributed by atoms with van der Waals surface area (Å²) in [6.45, 7) is 7.94. The molecule has 4 aromatic carbocycles. The number of carbonyl (C=O) groups excluding carboxylic acids is 2. The van der Waals surface area contributed by atoms with Crippen LogP contribution in [0.15, 0.2) is 91.2 Å². The normalized spacial score (nSPS) is 14.9. The quantitative estimate of drug-likeness (QED) is 0.131. The second kappa shape index (κ2) is 20.1. The Morgan fingerprint density at radius 1 is 0.530 bits per heavy atom. The Kier molecular flexibility index (Phi) is 14.3. The first-order valence-corrected chi connectivity index (χ1v) is 21.2. The molecular weight excluding hydrogens is 865 g/mol. The fourth-order valence-corrected chi connectivity index (χ4v) is 7.76. The highest BCUT2D eigenvalue weighted by Gasteiger charge is 2.24. The van der Waals surface area contributed by atoms with E-state index in [1.54, 1.807) is 54.2 Å². The van der Waals surface area contributed by atoms with Crippen LogP contribution in [0.4, 0.5) is 40.7 Å². The van der Waals surface area contributed by atoms with Crippen molar-refractivity contribution in [2.45, 2.75) is 25.9 Å². The van der Waals surface area contributed by atoms with Gasteiger partial charge in [-0.3, -0.25) is 19.2 Å². The molecule has 2 amide bonds. The standard InChI is InChI=1S/2C24H25F2N3O4/c2*1-14(27-18-11-16(25)10-17(26)12-18)19-8-15(24(31)28(2)3)9-20-21(30)13-22(33-23(19)20)29-4-6-32-7-5-29/h2*8-14,27H,4-7H2,1-3H3/t2*14-/m11/s1. The number of halogens is 4. The van der Waals surface area contributed by atoms with E-state index < -0.39 is 35.4 Å². The molecule has 0 unspecified atom stereocenters. The van der Waals surface area contributed by atoms with E-state index in [4.69, 9.17) is 18.3 Å². The van der Waals surface area contributed by atoms with Crippen molar-refractivity contribution in [1.29, 1.82) is 0 Å². The average molecular weight is 915 g/mol. The number of anilines is 4. The van der Waals surface area contributed by atoms with Crippen molar-refractivity contribution >= 4 is 56.9 Å². The number of fused-ring (bicyclic) bond motifs is 2. The first-order chi connectivity index (χ1) is 31.4. The fourth-order valence-electron chi connectivity index (χ4n) is 7.76. The van der Waals surface area contributed by atoms with Gasteiger partial charge in [-0.15, -0.1) is 0 Å². The van der Waals surface area contributed by atoms with Crippen LogP contribution in [0.2, 0.25) is 0 Å². The maximum atomic E-state index is 13.7. The smallest absolute Gasteiger partial charge is 0.253 e. The molecule has 348 valence electrons. The third-order valence-corrected chi connectivity index (χ3v) is 11.1. The Balaban J connectivity index is 0.000000196. The molecule has 2 saturated heterocycles. The summed E-state index contributed by atoms with van der Waals surface area (Å²) in [6, 6.07) is 14.4. The summed E-state index contributed by atoms with van der Waals surface area (Å²) in [5.74, 6) is -2.60. The monoisotopic (exact) mass is 914 g/mol. The van der Waals surface area contributed by atoms with Gasteiger partial charge in [-0.2, -0.15) is 0 Å². The first kappa shape index (κ1) is 47.1. The molecule has 0 saturated carbocycles. The highest BCUT2D eigenvalue weighted by Crippen LogP contribution is 2.33. The number of amides is 2. The summed E-state index contributed by atoms with van der Waals surface area (Å²) in [7, 11) is 6.47. The predicted molar refractivity (Wildman–Crippen MR) is 244 cm³/mol. The molecule has 6 aromatic rings. The number of rotatable bonds is 10. The van der Waals surface area contributed by atoms with Crippen LogP contribution < -0.4 is 31.3 Å². The minimum atomic E-state index is -0.716. The van der Waals surface area contributed by atoms with Gasteiger partial charge in [0, 0.05) is 112 Å². The Hall–Kier alpha value is -6.92. The number of hydrogen-bond donors (Lipinski definition) is 2. The van der Waals surface area contributed by atoms with Crippen molar-refractivity contribution < 1.29 is 45.5 Å². The lowest BCUT2D eigenvalue weighted by Crippen LogP contribution is -2.36. The van der Waals surface area contributed by atoms with Crippen LogP contribution in [-0.2, 0) is 9.47 Å². The lowest BCUT2D eigenvalue weighted by atomic mass is 10.00. The molecule has 0 spiro atoms. The molecule has 2 atom stereocenters. The van der Waals surface area contributed by atoms with E-state index in [0.29, 0.717) is 97.8 Å². The molecule has 0 radical (unpaired) electrons. The minimum Gasteiger partial charge on any atom is -0.440 e. The van der Waals surface area contributed by atoms with Crippen LogP contribution in [0.1, 0.15) is 57.8 Å². The maximum Gasteiger partial charge on any atom is 0.253 e. The Labute approximate surface area is 377 Å². The van der Waals surface area contributed by atoms with Crippen molar-refractivity contribution in [2.75, 3.05) is 101 Å². The number of carbonyl (C=O) groups is 2. The lowest BCUT2D eigenvalue weighted by molar-refractivity contribution is 0.0820. The van der Waals surface area contributed by atoms with Gasteiger partial charge in [0.15, 0.2) is 22.6 Å². The van der Waals surface area contributed by atoms with Crippen molar-refractivity contribution in [3.8, 4) is 0 Å². The molecule has 14 nitrogen and oxygen atoms in total.